The van der Waals surface area contributed by atoms with Gasteiger partial charge in [0.25, 0.3) is 5.92 Å². The molecule has 0 aliphatic carbocycles. The summed E-state index contributed by atoms with van der Waals surface area (Å²) in [5.74, 6) is -2.75. The van der Waals surface area contributed by atoms with Gasteiger partial charge in [-0.1, -0.05) is 30.3 Å². The van der Waals surface area contributed by atoms with Crippen molar-refractivity contribution in [2.75, 3.05) is 0 Å². The SMILES string of the molecule is C/C=C(/C)c1ccc(C(C)(F)F)cc1. The lowest BCUT2D eigenvalue weighted by Gasteiger charge is -2.11. The largest absolute Gasteiger partial charge is 0.270 e. The van der Waals surface area contributed by atoms with Gasteiger partial charge in [0.1, 0.15) is 0 Å². The summed E-state index contributed by atoms with van der Waals surface area (Å²) in [4.78, 5) is 0. The number of hydrogen-bond donors (Lipinski definition) is 0. The fourth-order valence-electron chi connectivity index (χ4n) is 1.19. The second-order valence-electron chi connectivity index (χ2n) is 3.44. The first-order valence-corrected chi connectivity index (χ1v) is 4.57. The molecule has 1 aromatic carbocycles. The summed E-state index contributed by atoms with van der Waals surface area (Å²) in [5.41, 5.74) is 2.14. The van der Waals surface area contributed by atoms with Gasteiger partial charge in [-0.25, -0.2) is 8.78 Å². The van der Waals surface area contributed by atoms with Crippen LogP contribution in [0.5, 0.6) is 0 Å². The van der Waals surface area contributed by atoms with Crippen molar-refractivity contribution in [3.63, 3.8) is 0 Å². The summed E-state index contributed by atoms with van der Waals surface area (Å²) in [7, 11) is 0. The van der Waals surface area contributed by atoms with Gasteiger partial charge in [0.05, 0.1) is 0 Å². The Labute approximate surface area is 83.3 Å². The molecule has 0 saturated carbocycles. The minimum atomic E-state index is -2.75. The maximum Gasteiger partial charge on any atom is 0.270 e. The summed E-state index contributed by atoms with van der Waals surface area (Å²) in [5, 5.41) is 0. The maximum atomic E-state index is 12.9. The van der Waals surface area contributed by atoms with Crippen LogP contribution in [-0.4, -0.2) is 0 Å². The van der Waals surface area contributed by atoms with Gasteiger partial charge in [-0.3, -0.25) is 0 Å². The van der Waals surface area contributed by atoms with E-state index in [0.717, 1.165) is 18.1 Å². The molecule has 14 heavy (non-hydrogen) atoms. The Balaban J connectivity index is 3.01. The Morgan fingerprint density at radius 1 is 1.21 bits per heavy atom. The Hall–Kier alpha value is -1.18. The van der Waals surface area contributed by atoms with Gasteiger partial charge in [-0.05, 0) is 25.0 Å². The molecule has 76 valence electrons. The molecule has 0 aliphatic rings. The van der Waals surface area contributed by atoms with Crippen LogP contribution in [0, 0.1) is 0 Å². The Kier molecular flexibility index (Phi) is 3.04. The van der Waals surface area contributed by atoms with Crippen molar-refractivity contribution in [3.8, 4) is 0 Å². The van der Waals surface area contributed by atoms with Gasteiger partial charge in [0.2, 0.25) is 0 Å². The number of alkyl halides is 2. The van der Waals surface area contributed by atoms with Crippen molar-refractivity contribution in [3.05, 3.63) is 41.5 Å². The molecule has 0 radical (unpaired) electrons. The van der Waals surface area contributed by atoms with E-state index in [1.807, 2.05) is 19.9 Å². The van der Waals surface area contributed by atoms with E-state index in [4.69, 9.17) is 0 Å². The van der Waals surface area contributed by atoms with Gasteiger partial charge >= 0.3 is 0 Å². The van der Waals surface area contributed by atoms with Crippen LogP contribution in [0.3, 0.4) is 0 Å². The van der Waals surface area contributed by atoms with Crippen molar-refractivity contribution < 1.29 is 8.78 Å². The van der Waals surface area contributed by atoms with Crippen LogP contribution in [0.25, 0.3) is 5.57 Å². The van der Waals surface area contributed by atoms with Gasteiger partial charge < -0.3 is 0 Å². The zero-order valence-electron chi connectivity index (χ0n) is 8.64. The highest BCUT2D eigenvalue weighted by Crippen LogP contribution is 2.27. The Morgan fingerprint density at radius 2 is 1.71 bits per heavy atom. The molecule has 0 fully saturated rings. The third kappa shape index (κ3) is 2.41. The number of allylic oxidation sites excluding steroid dienone is 2. The quantitative estimate of drug-likeness (QED) is 0.664. The highest BCUT2D eigenvalue weighted by molar-refractivity contribution is 5.63. The van der Waals surface area contributed by atoms with Crippen molar-refractivity contribution in [2.45, 2.75) is 26.7 Å². The van der Waals surface area contributed by atoms with E-state index in [1.54, 1.807) is 12.1 Å². The topological polar surface area (TPSA) is 0 Å². The van der Waals surface area contributed by atoms with Crippen LogP contribution in [0.2, 0.25) is 0 Å². The smallest absolute Gasteiger partial charge is 0.202 e. The van der Waals surface area contributed by atoms with Crippen molar-refractivity contribution in [1.29, 1.82) is 0 Å². The molecule has 0 bridgehead atoms. The standard InChI is InChI=1S/C12H14F2/c1-4-9(2)10-5-7-11(8-6-10)12(3,13)14/h4-8H,1-3H3/b9-4-. The lowest BCUT2D eigenvalue weighted by Crippen LogP contribution is -2.06. The maximum absolute atomic E-state index is 12.9. The van der Waals surface area contributed by atoms with Crippen molar-refractivity contribution in [2.24, 2.45) is 0 Å². The molecule has 0 atom stereocenters. The summed E-state index contributed by atoms with van der Waals surface area (Å²) in [6.07, 6.45) is 1.96. The Bertz CT molecular complexity index is 328. The van der Waals surface area contributed by atoms with E-state index in [-0.39, 0.29) is 5.56 Å². The summed E-state index contributed by atoms with van der Waals surface area (Å²) in [6, 6.07) is 6.40. The second kappa shape index (κ2) is 3.91. The molecular weight excluding hydrogens is 182 g/mol. The highest BCUT2D eigenvalue weighted by Gasteiger charge is 2.23. The van der Waals surface area contributed by atoms with E-state index in [1.165, 1.54) is 12.1 Å². The minimum Gasteiger partial charge on any atom is -0.202 e. The number of hydrogen-bond acceptors (Lipinski definition) is 0. The van der Waals surface area contributed by atoms with E-state index in [9.17, 15) is 8.78 Å². The van der Waals surface area contributed by atoms with Gasteiger partial charge in [0.15, 0.2) is 0 Å². The van der Waals surface area contributed by atoms with Crippen LogP contribution in [0.4, 0.5) is 8.78 Å². The predicted octanol–water partition coefficient (Wildman–Crippen LogP) is 4.22. The molecule has 0 aromatic heterocycles. The van der Waals surface area contributed by atoms with E-state index in [2.05, 4.69) is 0 Å². The molecule has 0 aliphatic heterocycles. The molecule has 1 rings (SSSR count). The fraction of sp³-hybridized carbons (Fsp3) is 0.333. The summed E-state index contributed by atoms with van der Waals surface area (Å²) >= 11 is 0. The average molecular weight is 196 g/mol. The molecule has 0 heterocycles. The van der Waals surface area contributed by atoms with Crippen LogP contribution in [0.1, 0.15) is 31.9 Å². The van der Waals surface area contributed by atoms with E-state index < -0.39 is 5.92 Å². The van der Waals surface area contributed by atoms with Gasteiger partial charge in [-0.15, -0.1) is 0 Å². The molecule has 0 nitrogen and oxygen atoms in total. The molecule has 0 saturated heterocycles. The predicted molar refractivity (Wildman–Crippen MR) is 55.3 cm³/mol. The normalized spacial score (nSPS) is 13.1. The van der Waals surface area contributed by atoms with Crippen LogP contribution >= 0.6 is 0 Å². The highest BCUT2D eigenvalue weighted by atomic mass is 19.3. The second-order valence-corrected chi connectivity index (χ2v) is 3.44. The van der Waals surface area contributed by atoms with Crippen LogP contribution in [-0.2, 0) is 5.92 Å². The minimum absolute atomic E-state index is 0.0603. The van der Waals surface area contributed by atoms with Crippen LogP contribution < -0.4 is 0 Å². The first-order chi connectivity index (χ1) is 6.45. The number of halogens is 2. The monoisotopic (exact) mass is 196 g/mol. The average Bonchev–Trinajstić information content (AvgIpc) is 2.15. The molecule has 0 unspecified atom stereocenters. The summed E-state index contributed by atoms with van der Waals surface area (Å²) < 4.78 is 25.7. The fourth-order valence-corrected chi connectivity index (χ4v) is 1.19. The van der Waals surface area contributed by atoms with Gasteiger partial charge in [0, 0.05) is 12.5 Å². The van der Waals surface area contributed by atoms with Crippen LogP contribution in [0.15, 0.2) is 30.3 Å². The lowest BCUT2D eigenvalue weighted by molar-refractivity contribution is 0.0175. The first kappa shape index (κ1) is 10.9. The van der Waals surface area contributed by atoms with E-state index >= 15 is 0 Å². The molecule has 1 aromatic rings. The summed E-state index contributed by atoms with van der Waals surface area (Å²) in [6.45, 7) is 4.79. The molecule has 0 N–H and O–H groups in total. The lowest BCUT2D eigenvalue weighted by atomic mass is 10.0. The molecule has 0 spiro atoms. The third-order valence-corrected chi connectivity index (χ3v) is 2.28. The Morgan fingerprint density at radius 3 is 2.07 bits per heavy atom. The molecule has 2 heteroatoms. The molecular formula is C12H14F2. The molecule has 0 amide bonds. The van der Waals surface area contributed by atoms with Crippen molar-refractivity contribution in [1.82, 2.24) is 0 Å². The van der Waals surface area contributed by atoms with E-state index in [0.29, 0.717) is 0 Å². The number of rotatable bonds is 2. The zero-order valence-corrected chi connectivity index (χ0v) is 8.64. The first-order valence-electron chi connectivity index (χ1n) is 4.57. The van der Waals surface area contributed by atoms with Crippen molar-refractivity contribution >= 4 is 5.57 Å². The zero-order chi connectivity index (χ0) is 10.8. The number of benzene rings is 1. The van der Waals surface area contributed by atoms with Gasteiger partial charge in [-0.2, -0.15) is 0 Å². The third-order valence-electron chi connectivity index (χ3n) is 2.28.